The summed E-state index contributed by atoms with van der Waals surface area (Å²) in [6.07, 6.45) is 0. The van der Waals surface area contributed by atoms with E-state index in [0.29, 0.717) is 11.7 Å². The lowest BCUT2D eigenvalue weighted by molar-refractivity contribution is 0.620. The molecule has 0 aliphatic rings. The summed E-state index contributed by atoms with van der Waals surface area (Å²) >= 11 is 0. The van der Waals surface area contributed by atoms with E-state index in [9.17, 15) is 0 Å². The SMILES string of the molecule is c1ccc(-c2cccc(-c3cc(-c4ccc(-c5nc6ccccc6c6c5ccc5oc(-c7ccccc7)nc56)cc4)nc(-c4ccccc4)n3)c2)cc1. The second kappa shape index (κ2) is 12.8. The summed E-state index contributed by atoms with van der Waals surface area (Å²) < 4.78 is 6.29. The van der Waals surface area contributed by atoms with Crippen molar-refractivity contribution >= 4 is 32.8 Å². The Kier molecular flexibility index (Phi) is 7.40. The van der Waals surface area contributed by atoms with Gasteiger partial charge in [-0.05, 0) is 53.6 Å². The fourth-order valence-corrected chi connectivity index (χ4v) is 7.10. The highest BCUT2D eigenvalue weighted by molar-refractivity contribution is 6.20. The summed E-state index contributed by atoms with van der Waals surface area (Å²) in [6, 6.07) is 62.1. The summed E-state index contributed by atoms with van der Waals surface area (Å²) in [5.74, 6) is 1.28. The topological polar surface area (TPSA) is 64.7 Å². The molecule has 10 aromatic rings. The summed E-state index contributed by atoms with van der Waals surface area (Å²) in [7, 11) is 0. The summed E-state index contributed by atoms with van der Waals surface area (Å²) in [5.41, 5.74) is 12.3. The Morgan fingerprint density at radius 1 is 0.358 bits per heavy atom. The van der Waals surface area contributed by atoms with Gasteiger partial charge in [0.05, 0.1) is 22.6 Å². The number of fused-ring (bicyclic) bond motifs is 5. The van der Waals surface area contributed by atoms with Crippen LogP contribution in [0.25, 0.3) is 101 Å². The molecule has 5 heteroatoms. The fourth-order valence-electron chi connectivity index (χ4n) is 7.10. The number of aromatic nitrogens is 4. The van der Waals surface area contributed by atoms with E-state index in [1.165, 1.54) is 5.56 Å². The smallest absolute Gasteiger partial charge is 0.227 e. The summed E-state index contributed by atoms with van der Waals surface area (Å²) in [5, 5.41) is 3.09. The van der Waals surface area contributed by atoms with Gasteiger partial charge in [0.25, 0.3) is 0 Å². The molecule has 3 aromatic heterocycles. The van der Waals surface area contributed by atoms with Crippen LogP contribution in [0.1, 0.15) is 0 Å². The maximum Gasteiger partial charge on any atom is 0.227 e. The van der Waals surface area contributed by atoms with Gasteiger partial charge in [-0.2, -0.15) is 0 Å². The largest absolute Gasteiger partial charge is 0.436 e. The number of rotatable bonds is 6. The average Bonchev–Trinajstić information content (AvgIpc) is 3.69. The predicted octanol–water partition coefficient (Wildman–Crippen LogP) is 12.3. The summed E-state index contributed by atoms with van der Waals surface area (Å²) in [4.78, 5) is 20.4. The van der Waals surface area contributed by atoms with E-state index >= 15 is 0 Å². The van der Waals surface area contributed by atoms with Gasteiger partial charge in [0.2, 0.25) is 5.89 Å². The van der Waals surface area contributed by atoms with Crippen molar-refractivity contribution in [2.24, 2.45) is 0 Å². The van der Waals surface area contributed by atoms with Crippen molar-refractivity contribution in [2.75, 3.05) is 0 Å². The first-order valence-corrected chi connectivity index (χ1v) is 17.6. The molecule has 3 heterocycles. The highest BCUT2D eigenvalue weighted by atomic mass is 16.3. The molecule has 0 saturated heterocycles. The minimum atomic E-state index is 0.603. The number of oxazole rings is 1. The van der Waals surface area contributed by atoms with Gasteiger partial charge in [0.15, 0.2) is 11.4 Å². The van der Waals surface area contributed by atoms with Crippen molar-refractivity contribution in [3.05, 3.63) is 182 Å². The van der Waals surface area contributed by atoms with Crippen LogP contribution in [-0.4, -0.2) is 19.9 Å². The molecular formula is C48H30N4O. The zero-order chi connectivity index (χ0) is 35.1. The number of para-hydroxylation sites is 1. The number of hydrogen-bond acceptors (Lipinski definition) is 5. The molecule has 0 aliphatic carbocycles. The molecule has 0 radical (unpaired) electrons. The molecule has 53 heavy (non-hydrogen) atoms. The number of nitrogens with zero attached hydrogens (tertiary/aromatic N) is 4. The first kappa shape index (κ1) is 30.6. The molecule has 0 bridgehead atoms. The quantitative estimate of drug-likeness (QED) is 0.164. The first-order chi connectivity index (χ1) is 26.2. The minimum absolute atomic E-state index is 0.603. The van der Waals surface area contributed by atoms with E-state index in [4.69, 9.17) is 24.4 Å². The summed E-state index contributed by atoms with van der Waals surface area (Å²) in [6.45, 7) is 0. The normalized spacial score (nSPS) is 11.4. The molecule has 0 unspecified atom stereocenters. The highest BCUT2D eigenvalue weighted by Gasteiger charge is 2.18. The Labute approximate surface area is 305 Å². The third kappa shape index (κ3) is 5.61. The average molecular weight is 679 g/mol. The lowest BCUT2D eigenvalue weighted by atomic mass is 9.97. The first-order valence-electron chi connectivity index (χ1n) is 17.6. The van der Waals surface area contributed by atoms with Crippen molar-refractivity contribution in [3.63, 3.8) is 0 Å². The number of pyridine rings is 1. The molecule has 248 valence electrons. The van der Waals surface area contributed by atoms with Crippen LogP contribution >= 0.6 is 0 Å². The molecule has 0 atom stereocenters. The van der Waals surface area contributed by atoms with Gasteiger partial charge in [-0.15, -0.1) is 0 Å². The van der Waals surface area contributed by atoms with Gasteiger partial charge in [0.1, 0.15) is 5.52 Å². The van der Waals surface area contributed by atoms with Crippen molar-refractivity contribution in [1.29, 1.82) is 0 Å². The van der Waals surface area contributed by atoms with E-state index in [-0.39, 0.29) is 0 Å². The molecule has 0 saturated carbocycles. The molecule has 0 N–H and O–H groups in total. The molecule has 7 aromatic carbocycles. The van der Waals surface area contributed by atoms with Gasteiger partial charge in [-0.1, -0.05) is 140 Å². The maximum atomic E-state index is 6.29. The molecule has 0 amide bonds. The van der Waals surface area contributed by atoms with Crippen LogP contribution in [0.3, 0.4) is 0 Å². The van der Waals surface area contributed by atoms with E-state index in [1.807, 2.05) is 72.8 Å². The molecular weight excluding hydrogens is 649 g/mol. The molecule has 0 spiro atoms. The van der Waals surface area contributed by atoms with Gasteiger partial charge in [-0.25, -0.2) is 19.9 Å². The fraction of sp³-hybridized carbons (Fsp3) is 0. The molecule has 0 fully saturated rings. The van der Waals surface area contributed by atoms with Crippen LogP contribution < -0.4 is 0 Å². The predicted molar refractivity (Wildman–Crippen MR) is 215 cm³/mol. The van der Waals surface area contributed by atoms with Crippen molar-refractivity contribution < 1.29 is 4.42 Å². The van der Waals surface area contributed by atoms with Crippen molar-refractivity contribution in [2.45, 2.75) is 0 Å². The second-order valence-electron chi connectivity index (χ2n) is 13.0. The van der Waals surface area contributed by atoms with Crippen molar-refractivity contribution in [3.8, 4) is 67.7 Å². The number of benzene rings is 7. The molecule has 5 nitrogen and oxygen atoms in total. The van der Waals surface area contributed by atoms with Gasteiger partial charge < -0.3 is 4.42 Å². The third-order valence-electron chi connectivity index (χ3n) is 9.72. The second-order valence-corrected chi connectivity index (χ2v) is 13.0. The van der Waals surface area contributed by atoms with Gasteiger partial charge in [-0.3, -0.25) is 0 Å². The van der Waals surface area contributed by atoms with Crippen LogP contribution in [0.15, 0.2) is 186 Å². The van der Waals surface area contributed by atoms with Gasteiger partial charge in [0, 0.05) is 44.0 Å². The van der Waals surface area contributed by atoms with Crippen LogP contribution in [0.5, 0.6) is 0 Å². The zero-order valence-electron chi connectivity index (χ0n) is 28.5. The zero-order valence-corrected chi connectivity index (χ0v) is 28.5. The Bertz CT molecular complexity index is 2920. The Hall–Kier alpha value is -7.24. The lowest BCUT2D eigenvalue weighted by Gasteiger charge is -2.12. The maximum absolute atomic E-state index is 6.29. The Morgan fingerprint density at radius 3 is 1.72 bits per heavy atom. The van der Waals surface area contributed by atoms with Crippen LogP contribution in [0.2, 0.25) is 0 Å². The van der Waals surface area contributed by atoms with Crippen molar-refractivity contribution in [1.82, 2.24) is 19.9 Å². The Morgan fingerprint density at radius 2 is 0.962 bits per heavy atom. The van der Waals surface area contributed by atoms with E-state index in [1.54, 1.807) is 0 Å². The third-order valence-corrected chi connectivity index (χ3v) is 9.72. The van der Waals surface area contributed by atoms with Crippen LogP contribution in [0.4, 0.5) is 0 Å². The molecule has 0 aliphatic heterocycles. The molecule has 10 rings (SSSR count). The monoisotopic (exact) mass is 678 g/mol. The van der Waals surface area contributed by atoms with E-state index < -0.39 is 0 Å². The Balaban J connectivity index is 1.09. The standard InChI is InChI=1S/C48H30N4O/c1-4-13-31(14-5-1)36-19-12-20-37(29-36)42-30-41(50-47(51-42)34-15-6-2-7-16-34)32-23-25-33(26-24-32)45-39-27-28-43-46(44(39)38-21-10-11-22-40(38)49-45)52-48(53-43)35-17-8-3-9-18-35/h1-30H. The minimum Gasteiger partial charge on any atom is -0.436 e. The van der Waals surface area contributed by atoms with E-state index in [2.05, 4.69) is 109 Å². The lowest BCUT2D eigenvalue weighted by Crippen LogP contribution is -1.96. The van der Waals surface area contributed by atoms with Crippen LogP contribution in [-0.2, 0) is 0 Å². The van der Waals surface area contributed by atoms with Crippen LogP contribution in [0, 0.1) is 0 Å². The van der Waals surface area contributed by atoms with Gasteiger partial charge >= 0.3 is 0 Å². The van der Waals surface area contributed by atoms with E-state index in [0.717, 1.165) is 83.2 Å². The highest BCUT2D eigenvalue weighted by Crippen LogP contribution is 2.39. The number of hydrogen-bond donors (Lipinski definition) is 0.